The van der Waals surface area contributed by atoms with E-state index in [1.165, 1.54) is 30.3 Å². The molecule has 132 valence electrons. The Morgan fingerprint density at radius 3 is 2.73 bits per heavy atom. The van der Waals surface area contributed by atoms with Crippen LogP contribution in [0.15, 0.2) is 40.9 Å². The Bertz CT molecular complexity index is 929. The molecule has 0 bridgehead atoms. The molecular formula is C17H10BrClN2O5. The Kier molecular flexibility index (Phi) is 6.33. The van der Waals surface area contributed by atoms with Gasteiger partial charge in [-0.05, 0) is 45.3 Å². The van der Waals surface area contributed by atoms with E-state index in [1.807, 2.05) is 6.07 Å². The number of allylic oxidation sites excluding steroid dienone is 1. The van der Waals surface area contributed by atoms with Gasteiger partial charge in [0.15, 0.2) is 12.4 Å². The van der Waals surface area contributed by atoms with Crippen LogP contribution in [0, 0.1) is 21.4 Å². The third-order valence-corrected chi connectivity index (χ3v) is 4.03. The first-order chi connectivity index (χ1) is 12.3. The number of aliphatic carboxylic acids is 1. The van der Waals surface area contributed by atoms with E-state index >= 15 is 0 Å². The SMILES string of the molecule is N#CC(=Cc1cc(Cl)c(OCC(=O)O)c(Br)c1)c1cccc([N+](=O)[O-])c1. The van der Waals surface area contributed by atoms with Crippen molar-refractivity contribution in [3.05, 3.63) is 67.1 Å². The van der Waals surface area contributed by atoms with Crippen LogP contribution in [0.25, 0.3) is 11.6 Å². The molecule has 0 heterocycles. The van der Waals surface area contributed by atoms with Crippen molar-refractivity contribution in [1.29, 1.82) is 5.26 Å². The molecule has 7 nitrogen and oxygen atoms in total. The minimum absolute atomic E-state index is 0.125. The lowest BCUT2D eigenvalue weighted by molar-refractivity contribution is -0.384. The Morgan fingerprint density at radius 1 is 1.42 bits per heavy atom. The van der Waals surface area contributed by atoms with Crippen molar-refractivity contribution in [3.63, 3.8) is 0 Å². The van der Waals surface area contributed by atoms with E-state index in [2.05, 4.69) is 15.9 Å². The molecule has 2 aromatic rings. The fourth-order valence-corrected chi connectivity index (χ4v) is 3.06. The summed E-state index contributed by atoms with van der Waals surface area (Å²) in [5, 5.41) is 29.1. The van der Waals surface area contributed by atoms with Gasteiger partial charge in [0.1, 0.15) is 0 Å². The van der Waals surface area contributed by atoms with Gasteiger partial charge in [-0.2, -0.15) is 5.26 Å². The van der Waals surface area contributed by atoms with E-state index in [9.17, 15) is 20.2 Å². The number of non-ortho nitro benzene ring substituents is 1. The van der Waals surface area contributed by atoms with Crippen LogP contribution in [0.1, 0.15) is 11.1 Å². The van der Waals surface area contributed by atoms with E-state index in [0.717, 1.165) is 0 Å². The molecule has 0 atom stereocenters. The minimum Gasteiger partial charge on any atom is -0.479 e. The topological polar surface area (TPSA) is 113 Å². The average molecular weight is 438 g/mol. The normalized spacial score (nSPS) is 10.9. The monoisotopic (exact) mass is 436 g/mol. The van der Waals surface area contributed by atoms with E-state index in [-0.39, 0.29) is 22.0 Å². The first-order valence-electron chi connectivity index (χ1n) is 7.02. The van der Waals surface area contributed by atoms with Crippen molar-refractivity contribution in [2.24, 2.45) is 0 Å². The van der Waals surface area contributed by atoms with Gasteiger partial charge in [-0.1, -0.05) is 23.7 Å². The number of carboxylic acids is 1. The molecule has 0 aliphatic rings. The maximum atomic E-state index is 10.9. The number of carbonyl (C=O) groups is 1. The van der Waals surface area contributed by atoms with Crippen LogP contribution >= 0.6 is 27.5 Å². The van der Waals surface area contributed by atoms with Crippen LogP contribution in [0.3, 0.4) is 0 Å². The van der Waals surface area contributed by atoms with Gasteiger partial charge in [-0.15, -0.1) is 0 Å². The zero-order chi connectivity index (χ0) is 19.3. The van der Waals surface area contributed by atoms with Crippen LogP contribution in [0.5, 0.6) is 5.75 Å². The molecule has 0 saturated carbocycles. The number of nitrogens with zero attached hydrogens (tertiary/aromatic N) is 2. The first-order valence-corrected chi connectivity index (χ1v) is 8.19. The molecule has 0 saturated heterocycles. The summed E-state index contributed by atoms with van der Waals surface area (Å²) in [4.78, 5) is 20.9. The molecule has 0 aliphatic heterocycles. The second-order valence-electron chi connectivity index (χ2n) is 4.97. The number of nitro benzene ring substituents is 1. The van der Waals surface area contributed by atoms with Crippen molar-refractivity contribution in [2.75, 3.05) is 6.61 Å². The summed E-state index contributed by atoms with van der Waals surface area (Å²) in [6, 6.07) is 10.8. The van der Waals surface area contributed by atoms with Gasteiger partial charge >= 0.3 is 5.97 Å². The third-order valence-electron chi connectivity index (χ3n) is 3.16. The van der Waals surface area contributed by atoms with Crippen LogP contribution in [0.4, 0.5) is 5.69 Å². The predicted molar refractivity (Wildman–Crippen MR) is 98.9 cm³/mol. The Hall–Kier alpha value is -2.89. The number of rotatable bonds is 6. The molecule has 0 radical (unpaired) electrons. The minimum atomic E-state index is -1.14. The Balaban J connectivity index is 2.41. The maximum Gasteiger partial charge on any atom is 0.341 e. The van der Waals surface area contributed by atoms with E-state index in [0.29, 0.717) is 15.6 Å². The van der Waals surface area contributed by atoms with Crippen LogP contribution in [-0.4, -0.2) is 22.6 Å². The quantitative estimate of drug-likeness (QED) is 0.307. The lowest BCUT2D eigenvalue weighted by atomic mass is 10.0. The summed E-state index contributed by atoms with van der Waals surface area (Å²) in [6.07, 6.45) is 1.51. The highest BCUT2D eigenvalue weighted by molar-refractivity contribution is 9.10. The fraction of sp³-hybridized carbons (Fsp3) is 0.0588. The zero-order valence-corrected chi connectivity index (χ0v) is 15.3. The molecule has 2 rings (SSSR count). The van der Waals surface area contributed by atoms with Crippen LogP contribution in [0.2, 0.25) is 5.02 Å². The number of benzene rings is 2. The number of nitro groups is 1. The lowest BCUT2D eigenvalue weighted by Crippen LogP contribution is -2.10. The van der Waals surface area contributed by atoms with Crippen LogP contribution in [-0.2, 0) is 4.79 Å². The number of halogens is 2. The highest BCUT2D eigenvalue weighted by Crippen LogP contribution is 2.35. The van der Waals surface area contributed by atoms with E-state index in [1.54, 1.807) is 12.1 Å². The molecule has 0 aromatic heterocycles. The lowest BCUT2D eigenvalue weighted by Gasteiger charge is -2.09. The molecule has 0 aliphatic carbocycles. The number of carboxylic acid groups (broad SMARTS) is 1. The molecule has 0 unspecified atom stereocenters. The van der Waals surface area contributed by atoms with Gasteiger partial charge in [0.05, 0.1) is 26.1 Å². The molecule has 0 amide bonds. The number of nitriles is 1. The van der Waals surface area contributed by atoms with Gasteiger partial charge in [0, 0.05) is 12.1 Å². The summed E-state index contributed by atoms with van der Waals surface area (Å²) in [7, 11) is 0. The van der Waals surface area contributed by atoms with Crippen LogP contribution < -0.4 is 4.74 Å². The first kappa shape index (κ1) is 19.4. The fourth-order valence-electron chi connectivity index (χ4n) is 2.07. The molecule has 0 spiro atoms. The number of ether oxygens (including phenoxy) is 1. The Labute approximate surface area is 161 Å². The highest BCUT2D eigenvalue weighted by atomic mass is 79.9. The van der Waals surface area contributed by atoms with Gasteiger partial charge in [0.2, 0.25) is 0 Å². The smallest absolute Gasteiger partial charge is 0.341 e. The number of hydrogen-bond donors (Lipinski definition) is 1. The maximum absolute atomic E-state index is 10.9. The second-order valence-corrected chi connectivity index (χ2v) is 6.23. The van der Waals surface area contributed by atoms with Gasteiger partial charge in [-0.25, -0.2) is 4.79 Å². The summed E-state index contributed by atoms with van der Waals surface area (Å²) in [6.45, 7) is -0.551. The molecule has 26 heavy (non-hydrogen) atoms. The van der Waals surface area contributed by atoms with E-state index < -0.39 is 17.5 Å². The molecule has 9 heteroatoms. The predicted octanol–water partition coefficient (Wildman–Crippen LogP) is 4.54. The summed E-state index contributed by atoms with van der Waals surface area (Å²) < 4.78 is 5.51. The zero-order valence-electron chi connectivity index (χ0n) is 13.0. The van der Waals surface area contributed by atoms with Gasteiger partial charge < -0.3 is 9.84 Å². The highest BCUT2D eigenvalue weighted by Gasteiger charge is 2.12. The summed E-state index contributed by atoms with van der Waals surface area (Å²) in [5.41, 5.74) is 1.00. The van der Waals surface area contributed by atoms with Gasteiger partial charge in [0.25, 0.3) is 5.69 Å². The largest absolute Gasteiger partial charge is 0.479 e. The third kappa shape index (κ3) is 4.81. The summed E-state index contributed by atoms with van der Waals surface area (Å²) in [5.74, 6) is -0.977. The standard InChI is InChI=1S/C17H10BrClN2O5/c18-14-5-10(6-15(19)17(14)26-9-16(22)23)4-12(8-20)11-2-1-3-13(7-11)21(24)25/h1-7H,9H2,(H,22,23). The molecular weight excluding hydrogens is 428 g/mol. The number of hydrogen-bond acceptors (Lipinski definition) is 5. The van der Waals surface area contributed by atoms with E-state index in [4.69, 9.17) is 21.4 Å². The molecule has 0 fully saturated rings. The van der Waals surface area contributed by atoms with Crippen molar-refractivity contribution >= 4 is 50.8 Å². The molecule has 2 aromatic carbocycles. The Morgan fingerprint density at radius 2 is 2.15 bits per heavy atom. The summed E-state index contributed by atoms with van der Waals surface area (Å²) >= 11 is 9.35. The average Bonchev–Trinajstić information content (AvgIpc) is 2.58. The van der Waals surface area contributed by atoms with Crippen molar-refractivity contribution in [3.8, 4) is 11.8 Å². The van der Waals surface area contributed by atoms with Crippen molar-refractivity contribution in [2.45, 2.75) is 0 Å². The van der Waals surface area contributed by atoms with Crippen molar-refractivity contribution in [1.82, 2.24) is 0 Å². The molecule has 1 N–H and O–H groups in total. The second kappa shape index (κ2) is 8.47. The van der Waals surface area contributed by atoms with Gasteiger partial charge in [-0.3, -0.25) is 10.1 Å². The van der Waals surface area contributed by atoms with Crippen molar-refractivity contribution < 1.29 is 19.6 Å².